The summed E-state index contributed by atoms with van der Waals surface area (Å²) in [6.45, 7) is 12.3. The van der Waals surface area contributed by atoms with Crippen molar-refractivity contribution < 1.29 is 0 Å². The summed E-state index contributed by atoms with van der Waals surface area (Å²) in [5.41, 5.74) is 2.86. The Balaban J connectivity index is 2.23. The van der Waals surface area contributed by atoms with Crippen LogP contribution in [0.2, 0.25) is 0 Å². The van der Waals surface area contributed by atoms with Crippen molar-refractivity contribution in [2.45, 2.75) is 59.2 Å². The van der Waals surface area contributed by atoms with Crippen LogP contribution in [0.15, 0.2) is 6.07 Å². The quantitative estimate of drug-likeness (QED) is 0.726. The molecule has 0 atom stereocenters. The second-order valence-electron chi connectivity index (χ2n) is 5.65. The summed E-state index contributed by atoms with van der Waals surface area (Å²) >= 11 is 0. The number of hydrogen-bond donors (Lipinski definition) is 0. The Labute approximate surface area is 98.4 Å². The predicted octanol–water partition coefficient (Wildman–Crippen LogP) is 2.45. The molecule has 0 amide bonds. The van der Waals surface area contributed by atoms with Crippen LogP contribution in [0.1, 0.15) is 45.5 Å². The summed E-state index contributed by atoms with van der Waals surface area (Å²) in [4.78, 5) is 2.55. The fourth-order valence-corrected chi connectivity index (χ4v) is 2.27. The molecule has 1 aromatic heterocycles. The number of fused-ring (bicyclic) bond motifs is 1. The summed E-state index contributed by atoms with van der Waals surface area (Å²) in [7, 11) is 0. The van der Waals surface area contributed by atoms with Crippen LogP contribution in [0.5, 0.6) is 0 Å². The summed E-state index contributed by atoms with van der Waals surface area (Å²) < 4.78 is 2.20. The molecule has 16 heavy (non-hydrogen) atoms. The van der Waals surface area contributed by atoms with Crippen LogP contribution >= 0.6 is 0 Å². The van der Waals surface area contributed by atoms with Gasteiger partial charge >= 0.3 is 0 Å². The smallest absolute Gasteiger partial charge is 0.0625 e. The maximum absolute atomic E-state index is 4.64. The predicted molar refractivity (Wildman–Crippen MR) is 66.4 cm³/mol. The first-order chi connectivity index (χ1) is 7.50. The number of hydrogen-bond acceptors (Lipinski definition) is 2. The lowest BCUT2D eigenvalue weighted by molar-refractivity contribution is 0.130. The molecule has 2 rings (SSSR count). The lowest BCUT2D eigenvalue weighted by Crippen LogP contribution is -2.40. The average Bonchev–Trinajstić information content (AvgIpc) is 2.48. The van der Waals surface area contributed by atoms with Crippen molar-refractivity contribution in [1.29, 1.82) is 0 Å². The molecule has 0 saturated carbocycles. The average molecular weight is 221 g/mol. The SMILES string of the molecule is CCc1cc2n(n1)CCCN(C(C)(C)C)C2. The fourth-order valence-electron chi connectivity index (χ4n) is 2.27. The highest BCUT2D eigenvalue weighted by Crippen LogP contribution is 2.21. The molecule has 1 aliphatic heterocycles. The third-order valence-corrected chi connectivity index (χ3v) is 3.38. The number of aryl methyl sites for hydroxylation is 2. The minimum Gasteiger partial charge on any atom is -0.293 e. The molecule has 0 fully saturated rings. The third kappa shape index (κ3) is 2.29. The van der Waals surface area contributed by atoms with Crippen LogP contribution in [-0.4, -0.2) is 26.8 Å². The van der Waals surface area contributed by atoms with E-state index in [2.05, 4.69) is 48.4 Å². The second-order valence-corrected chi connectivity index (χ2v) is 5.65. The lowest BCUT2D eigenvalue weighted by Gasteiger charge is -2.34. The first kappa shape index (κ1) is 11.6. The molecule has 0 aliphatic carbocycles. The molecule has 90 valence electrons. The van der Waals surface area contributed by atoms with Gasteiger partial charge in [0.05, 0.1) is 11.4 Å². The van der Waals surface area contributed by atoms with Gasteiger partial charge in [0.1, 0.15) is 0 Å². The van der Waals surface area contributed by atoms with Crippen LogP contribution in [0, 0.1) is 0 Å². The molecule has 0 saturated heterocycles. The van der Waals surface area contributed by atoms with Gasteiger partial charge in [0.25, 0.3) is 0 Å². The Morgan fingerprint density at radius 2 is 2.06 bits per heavy atom. The van der Waals surface area contributed by atoms with Gasteiger partial charge in [0, 0.05) is 25.2 Å². The summed E-state index contributed by atoms with van der Waals surface area (Å²) in [6.07, 6.45) is 2.24. The molecular formula is C13H23N3. The molecule has 3 nitrogen and oxygen atoms in total. The molecule has 1 aromatic rings. The second kappa shape index (κ2) is 4.21. The largest absolute Gasteiger partial charge is 0.293 e. The van der Waals surface area contributed by atoms with E-state index in [0.717, 1.165) is 19.5 Å². The van der Waals surface area contributed by atoms with Gasteiger partial charge in [-0.15, -0.1) is 0 Å². The number of aromatic nitrogens is 2. The molecule has 0 radical (unpaired) electrons. The van der Waals surface area contributed by atoms with E-state index in [1.165, 1.54) is 24.4 Å². The monoisotopic (exact) mass is 221 g/mol. The Morgan fingerprint density at radius 3 is 2.69 bits per heavy atom. The normalized spacial score (nSPS) is 18.2. The van der Waals surface area contributed by atoms with Gasteiger partial charge in [-0.2, -0.15) is 5.10 Å². The van der Waals surface area contributed by atoms with Gasteiger partial charge in [-0.1, -0.05) is 6.92 Å². The van der Waals surface area contributed by atoms with Crippen LogP contribution in [-0.2, 0) is 19.5 Å². The first-order valence-corrected chi connectivity index (χ1v) is 6.31. The van der Waals surface area contributed by atoms with E-state index in [1.807, 2.05) is 0 Å². The molecule has 0 unspecified atom stereocenters. The topological polar surface area (TPSA) is 21.1 Å². The van der Waals surface area contributed by atoms with E-state index in [1.54, 1.807) is 0 Å². The van der Waals surface area contributed by atoms with Crippen molar-refractivity contribution in [3.63, 3.8) is 0 Å². The minimum absolute atomic E-state index is 0.256. The molecule has 2 heterocycles. The lowest BCUT2D eigenvalue weighted by atomic mass is 10.1. The van der Waals surface area contributed by atoms with Crippen LogP contribution in [0.4, 0.5) is 0 Å². The molecule has 0 spiro atoms. The van der Waals surface area contributed by atoms with Gasteiger partial charge in [0.2, 0.25) is 0 Å². The van der Waals surface area contributed by atoms with Gasteiger partial charge in [-0.3, -0.25) is 9.58 Å². The van der Waals surface area contributed by atoms with E-state index in [0.29, 0.717) is 0 Å². The van der Waals surface area contributed by atoms with E-state index in [9.17, 15) is 0 Å². The molecule has 0 N–H and O–H groups in total. The Bertz CT molecular complexity index is 360. The highest BCUT2D eigenvalue weighted by Gasteiger charge is 2.24. The van der Waals surface area contributed by atoms with Gasteiger partial charge in [-0.05, 0) is 39.7 Å². The Hall–Kier alpha value is -0.830. The molecule has 3 heteroatoms. The zero-order chi connectivity index (χ0) is 11.8. The Kier molecular flexibility index (Phi) is 3.06. The van der Waals surface area contributed by atoms with Crippen molar-refractivity contribution in [2.24, 2.45) is 0 Å². The van der Waals surface area contributed by atoms with E-state index < -0.39 is 0 Å². The highest BCUT2D eigenvalue weighted by atomic mass is 15.3. The zero-order valence-corrected chi connectivity index (χ0v) is 11.0. The maximum atomic E-state index is 4.64. The highest BCUT2D eigenvalue weighted by molar-refractivity contribution is 5.11. The standard InChI is InChI=1S/C13H23N3/c1-5-11-9-12-10-15(13(2,3)4)7-6-8-16(12)14-11/h9H,5-8,10H2,1-4H3. The van der Waals surface area contributed by atoms with Crippen molar-refractivity contribution in [2.75, 3.05) is 6.54 Å². The van der Waals surface area contributed by atoms with E-state index in [4.69, 9.17) is 0 Å². The Morgan fingerprint density at radius 1 is 1.31 bits per heavy atom. The van der Waals surface area contributed by atoms with Crippen LogP contribution in [0.25, 0.3) is 0 Å². The third-order valence-electron chi connectivity index (χ3n) is 3.38. The maximum Gasteiger partial charge on any atom is 0.0625 e. The van der Waals surface area contributed by atoms with E-state index in [-0.39, 0.29) is 5.54 Å². The summed E-state index contributed by atoms with van der Waals surface area (Å²) in [5.74, 6) is 0. The molecule has 1 aliphatic rings. The minimum atomic E-state index is 0.256. The van der Waals surface area contributed by atoms with Crippen molar-refractivity contribution in [3.8, 4) is 0 Å². The van der Waals surface area contributed by atoms with Crippen molar-refractivity contribution in [1.82, 2.24) is 14.7 Å². The van der Waals surface area contributed by atoms with E-state index >= 15 is 0 Å². The van der Waals surface area contributed by atoms with Gasteiger partial charge in [-0.25, -0.2) is 0 Å². The van der Waals surface area contributed by atoms with Gasteiger partial charge < -0.3 is 0 Å². The number of nitrogens with zero attached hydrogens (tertiary/aromatic N) is 3. The molecule has 0 bridgehead atoms. The van der Waals surface area contributed by atoms with Gasteiger partial charge in [0.15, 0.2) is 0 Å². The summed E-state index contributed by atoms with van der Waals surface area (Å²) in [5, 5.41) is 4.64. The fraction of sp³-hybridized carbons (Fsp3) is 0.769. The van der Waals surface area contributed by atoms with Crippen LogP contribution in [0.3, 0.4) is 0 Å². The van der Waals surface area contributed by atoms with Crippen molar-refractivity contribution in [3.05, 3.63) is 17.5 Å². The number of rotatable bonds is 1. The molecule has 0 aromatic carbocycles. The first-order valence-electron chi connectivity index (χ1n) is 6.31. The summed E-state index contributed by atoms with van der Waals surface area (Å²) in [6, 6.07) is 2.27. The van der Waals surface area contributed by atoms with Crippen LogP contribution < -0.4 is 0 Å². The van der Waals surface area contributed by atoms with Crippen molar-refractivity contribution >= 4 is 0 Å². The molecular weight excluding hydrogens is 198 g/mol. The zero-order valence-electron chi connectivity index (χ0n) is 11.0.